The largest absolute Gasteiger partial charge is 0.386 e. The molecule has 0 radical (unpaired) electrons. The van der Waals surface area contributed by atoms with E-state index in [1.165, 1.54) is 0 Å². The zero-order chi connectivity index (χ0) is 7.14. The van der Waals surface area contributed by atoms with Gasteiger partial charge in [0, 0.05) is 0 Å². The fourth-order valence-electron chi connectivity index (χ4n) is 1.29. The van der Waals surface area contributed by atoms with Crippen molar-refractivity contribution in [1.82, 2.24) is 0 Å². The second-order valence-corrected chi connectivity index (χ2v) is 2.74. The molecule has 0 unspecified atom stereocenters. The zero-order valence-electron chi connectivity index (χ0n) is 5.78. The van der Waals surface area contributed by atoms with E-state index in [1.54, 1.807) is 6.08 Å². The van der Waals surface area contributed by atoms with Crippen LogP contribution in [0.5, 0.6) is 0 Å². The Labute approximate surface area is 59.2 Å². The summed E-state index contributed by atoms with van der Waals surface area (Å²) < 4.78 is 10.5. The molecule has 0 aromatic heterocycles. The molecule has 10 heavy (non-hydrogen) atoms. The monoisotopic (exact) mass is 142 g/mol. The lowest BCUT2D eigenvalue weighted by Gasteiger charge is -2.20. The molecule has 2 heterocycles. The van der Waals surface area contributed by atoms with Crippen LogP contribution in [0.15, 0.2) is 11.6 Å². The van der Waals surface area contributed by atoms with Crippen molar-refractivity contribution in [2.24, 2.45) is 0 Å². The van der Waals surface area contributed by atoms with Crippen LogP contribution in [-0.2, 0) is 9.47 Å². The Kier molecular flexibility index (Phi) is 1.30. The fraction of sp³-hybridized carbons (Fsp3) is 0.714. The van der Waals surface area contributed by atoms with Crippen molar-refractivity contribution >= 4 is 0 Å². The third kappa shape index (κ3) is 0.785. The average Bonchev–Trinajstić information content (AvgIpc) is 2.28. The third-order valence-electron chi connectivity index (χ3n) is 1.90. The van der Waals surface area contributed by atoms with Gasteiger partial charge in [0.2, 0.25) is 0 Å². The maximum absolute atomic E-state index is 9.28. The molecule has 3 atom stereocenters. The van der Waals surface area contributed by atoms with Crippen LogP contribution in [0.4, 0.5) is 0 Å². The van der Waals surface area contributed by atoms with Crippen LogP contribution < -0.4 is 0 Å². The number of aliphatic hydroxyl groups is 1. The van der Waals surface area contributed by atoms with E-state index in [-0.39, 0.29) is 12.4 Å². The van der Waals surface area contributed by atoms with Crippen LogP contribution in [0.2, 0.25) is 0 Å². The van der Waals surface area contributed by atoms with Gasteiger partial charge in [-0.3, -0.25) is 0 Å². The van der Waals surface area contributed by atoms with Crippen molar-refractivity contribution < 1.29 is 14.6 Å². The first kappa shape index (κ1) is 6.34. The summed E-state index contributed by atoms with van der Waals surface area (Å²) in [7, 11) is 0. The molecule has 0 aliphatic carbocycles. The molecule has 0 aromatic rings. The van der Waals surface area contributed by atoms with E-state index in [0.717, 1.165) is 5.57 Å². The standard InChI is InChI=1S/C7H10O3/c1-4-2-5(8)6-3-9-7(4)10-6/h2,5-8H,3H2,1H3/t5-,6-,7-/m1/s1. The van der Waals surface area contributed by atoms with Crippen molar-refractivity contribution in [2.45, 2.75) is 25.4 Å². The highest BCUT2D eigenvalue weighted by atomic mass is 16.7. The fourth-order valence-corrected chi connectivity index (χ4v) is 1.29. The lowest BCUT2D eigenvalue weighted by atomic mass is 10.1. The normalized spacial score (nSPS) is 45.4. The van der Waals surface area contributed by atoms with Crippen molar-refractivity contribution in [3.8, 4) is 0 Å². The Balaban J connectivity index is 2.25. The van der Waals surface area contributed by atoms with E-state index in [2.05, 4.69) is 0 Å². The number of ether oxygens (including phenoxy) is 2. The van der Waals surface area contributed by atoms with Gasteiger partial charge < -0.3 is 14.6 Å². The Morgan fingerprint density at radius 2 is 2.50 bits per heavy atom. The van der Waals surface area contributed by atoms with Gasteiger partial charge in [-0.05, 0) is 18.6 Å². The van der Waals surface area contributed by atoms with Crippen LogP contribution >= 0.6 is 0 Å². The second kappa shape index (κ2) is 2.05. The molecule has 2 aliphatic heterocycles. The van der Waals surface area contributed by atoms with E-state index < -0.39 is 6.10 Å². The van der Waals surface area contributed by atoms with E-state index >= 15 is 0 Å². The molecule has 0 aromatic carbocycles. The number of fused-ring (bicyclic) bond motifs is 2. The summed E-state index contributed by atoms with van der Waals surface area (Å²) in [6.07, 6.45) is 1.01. The quantitative estimate of drug-likeness (QED) is 0.486. The van der Waals surface area contributed by atoms with Crippen molar-refractivity contribution in [2.75, 3.05) is 6.61 Å². The second-order valence-electron chi connectivity index (χ2n) is 2.74. The van der Waals surface area contributed by atoms with E-state index in [4.69, 9.17) is 9.47 Å². The molecule has 56 valence electrons. The van der Waals surface area contributed by atoms with Gasteiger partial charge in [0.1, 0.15) is 12.2 Å². The van der Waals surface area contributed by atoms with Gasteiger partial charge in [-0.2, -0.15) is 0 Å². The SMILES string of the molecule is CC1=C[C@@H](O)[C@H]2CO[C@@H]1O2. The first-order valence-electron chi connectivity index (χ1n) is 3.41. The minimum atomic E-state index is -0.473. The highest BCUT2D eigenvalue weighted by Gasteiger charge is 2.35. The number of hydrogen-bond donors (Lipinski definition) is 1. The van der Waals surface area contributed by atoms with E-state index in [0.29, 0.717) is 6.61 Å². The molecule has 3 heteroatoms. The first-order chi connectivity index (χ1) is 4.77. The lowest BCUT2D eigenvalue weighted by Crippen LogP contribution is -2.31. The molecule has 1 fully saturated rings. The Morgan fingerprint density at radius 1 is 1.70 bits per heavy atom. The Bertz CT molecular complexity index is 176. The number of hydrogen-bond acceptors (Lipinski definition) is 3. The van der Waals surface area contributed by atoms with Gasteiger partial charge in [-0.1, -0.05) is 0 Å². The minimum absolute atomic E-state index is 0.131. The maximum atomic E-state index is 9.28. The Hall–Kier alpha value is -0.380. The lowest BCUT2D eigenvalue weighted by molar-refractivity contribution is -0.0612. The summed E-state index contributed by atoms with van der Waals surface area (Å²) in [6, 6.07) is 0. The maximum Gasteiger partial charge on any atom is 0.180 e. The predicted molar refractivity (Wildman–Crippen MR) is 34.4 cm³/mol. The third-order valence-corrected chi connectivity index (χ3v) is 1.90. The predicted octanol–water partition coefficient (Wildman–Crippen LogP) is 0.0487. The zero-order valence-corrected chi connectivity index (χ0v) is 5.78. The molecule has 1 N–H and O–H groups in total. The van der Waals surface area contributed by atoms with Gasteiger partial charge in [0.05, 0.1) is 6.61 Å². The minimum Gasteiger partial charge on any atom is -0.386 e. The highest BCUT2D eigenvalue weighted by Crippen LogP contribution is 2.26. The molecule has 2 bridgehead atoms. The Morgan fingerprint density at radius 3 is 3.30 bits per heavy atom. The molecular formula is C7H10O3. The average molecular weight is 142 g/mol. The van der Waals surface area contributed by atoms with Gasteiger partial charge in [0.25, 0.3) is 0 Å². The van der Waals surface area contributed by atoms with Gasteiger partial charge in [-0.15, -0.1) is 0 Å². The van der Waals surface area contributed by atoms with Gasteiger partial charge in [0.15, 0.2) is 6.29 Å². The molecular weight excluding hydrogens is 132 g/mol. The molecule has 1 saturated heterocycles. The van der Waals surface area contributed by atoms with Crippen molar-refractivity contribution in [3.05, 3.63) is 11.6 Å². The van der Waals surface area contributed by atoms with Crippen molar-refractivity contribution in [3.63, 3.8) is 0 Å². The molecule has 2 aliphatic rings. The number of rotatable bonds is 0. The van der Waals surface area contributed by atoms with Gasteiger partial charge in [-0.25, -0.2) is 0 Å². The molecule has 0 spiro atoms. The van der Waals surface area contributed by atoms with Crippen LogP contribution in [0.25, 0.3) is 0 Å². The van der Waals surface area contributed by atoms with Crippen LogP contribution in [0.1, 0.15) is 6.92 Å². The summed E-state index contributed by atoms with van der Waals surface area (Å²) in [4.78, 5) is 0. The van der Waals surface area contributed by atoms with Crippen LogP contribution in [-0.4, -0.2) is 30.2 Å². The summed E-state index contributed by atoms with van der Waals surface area (Å²) in [5, 5.41) is 9.28. The topological polar surface area (TPSA) is 38.7 Å². The molecule has 0 amide bonds. The highest BCUT2D eigenvalue weighted by molar-refractivity contribution is 5.12. The van der Waals surface area contributed by atoms with Gasteiger partial charge >= 0.3 is 0 Å². The summed E-state index contributed by atoms with van der Waals surface area (Å²) in [5.41, 5.74) is 0.973. The van der Waals surface area contributed by atoms with E-state index in [9.17, 15) is 5.11 Å². The summed E-state index contributed by atoms with van der Waals surface area (Å²) in [5.74, 6) is 0. The smallest absolute Gasteiger partial charge is 0.180 e. The van der Waals surface area contributed by atoms with Crippen LogP contribution in [0, 0.1) is 0 Å². The van der Waals surface area contributed by atoms with E-state index in [1.807, 2.05) is 6.92 Å². The van der Waals surface area contributed by atoms with Crippen LogP contribution in [0.3, 0.4) is 0 Å². The molecule has 2 rings (SSSR count). The molecule has 0 saturated carbocycles. The molecule has 3 nitrogen and oxygen atoms in total. The van der Waals surface area contributed by atoms with Crippen molar-refractivity contribution in [1.29, 1.82) is 0 Å². The summed E-state index contributed by atoms with van der Waals surface area (Å²) >= 11 is 0. The summed E-state index contributed by atoms with van der Waals surface area (Å²) in [6.45, 7) is 2.41. The first-order valence-corrected chi connectivity index (χ1v) is 3.41. The number of aliphatic hydroxyl groups excluding tert-OH is 1.